The second-order valence-corrected chi connectivity index (χ2v) is 4.28. The quantitative estimate of drug-likeness (QED) is 0.602. The van der Waals surface area contributed by atoms with Crippen molar-refractivity contribution >= 4 is 17.3 Å². The minimum Gasteiger partial charge on any atom is -0.487 e. The number of ether oxygens (including phenoxy) is 2. The summed E-state index contributed by atoms with van der Waals surface area (Å²) in [5.41, 5.74) is 0.425. The second-order valence-electron chi connectivity index (χ2n) is 3.88. The summed E-state index contributed by atoms with van der Waals surface area (Å²) in [5.74, 6) is 1.00. The van der Waals surface area contributed by atoms with E-state index in [2.05, 4.69) is 5.16 Å². The Labute approximate surface area is 119 Å². The molecule has 0 bridgehead atoms. The maximum atomic E-state index is 10.6. The third kappa shape index (κ3) is 3.46. The number of hydrogen-bond acceptors (Lipinski definition) is 6. The molecule has 0 aliphatic rings. The van der Waals surface area contributed by atoms with Gasteiger partial charge in [-0.2, -0.15) is 0 Å². The minimum absolute atomic E-state index is 0.0210. The molecule has 0 radical (unpaired) electrons. The van der Waals surface area contributed by atoms with E-state index in [-0.39, 0.29) is 17.3 Å². The third-order valence-electron chi connectivity index (χ3n) is 2.40. The van der Waals surface area contributed by atoms with Gasteiger partial charge in [0.2, 0.25) is 0 Å². The number of methoxy groups -OCH3 is 1. The zero-order chi connectivity index (χ0) is 14.5. The van der Waals surface area contributed by atoms with Crippen LogP contribution in [0.2, 0.25) is 5.02 Å². The fourth-order valence-electron chi connectivity index (χ4n) is 1.52. The second kappa shape index (κ2) is 6.36. The van der Waals surface area contributed by atoms with Crippen LogP contribution in [0, 0.1) is 10.1 Å². The van der Waals surface area contributed by atoms with Crippen molar-refractivity contribution in [2.45, 2.75) is 13.2 Å². The molecule has 0 aliphatic carbocycles. The first-order valence-corrected chi connectivity index (χ1v) is 5.98. The van der Waals surface area contributed by atoms with Crippen molar-refractivity contribution in [2.24, 2.45) is 0 Å². The molecule has 0 aliphatic heterocycles. The number of nitrogens with zero attached hydrogens (tertiary/aromatic N) is 2. The van der Waals surface area contributed by atoms with Gasteiger partial charge < -0.3 is 14.0 Å². The Morgan fingerprint density at radius 2 is 2.20 bits per heavy atom. The van der Waals surface area contributed by atoms with Gasteiger partial charge in [-0.3, -0.25) is 10.1 Å². The van der Waals surface area contributed by atoms with Crippen LogP contribution in [0.5, 0.6) is 5.75 Å². The minimum atomic E-state index is -0.555. The highest BCUT2D eigenvalue weighted by molar-refractivity contribution is 6.32. The lowest BCUT2D eigenvalue weighted by atomic mass is 10.3. The summed E-state index contributed by atoms with van der Waals surface area (Å²) in [6.07, 6.45) is 0. The number of hydrogen-bond donors (Lipinski definition) is 0. The van der Waals surface area contributed by atoms with E-state index in [1.54, 1.807) is 13.2 Å². The molecule has 2 aromatic rings. The summed E-state index contributed by atoms with van der Waals surface area (Å²) in [4.78, 5) is 10.1. The topological polar surface area (TPSA) is 87.6 Å². The molecule has 106 valence electrons. The molecule has 0 spiro atoms. The monoisotopic (exact) mass is 298 g/mol. The summed E-state index contributed by atoms with van der Waals surface area (Å²) in [7, 11) is 1.55. The molecule has 2 rings (SSSR count). The first-order chi connectivity index (χ1) is 9.60. The molecule has 0 saturated carbocycles. The first-order valence-electron chi connectivity index (χ1n) is 5.60. The van der Waals surface area contributed by atoms with Crippen LogP contribution in [0.15, 0.2) is 28.8 Å². The third-order valence-corrected chi connectivity index (χ3v) is 2.70. The summed E-state index contributed by atoms with van der Waals surface area (Å²) >= 11 is 5.78. The molecule has 0 N–H and O–H groups in total. The maximum absolute atomic E-state index is 10.6. The van der Waals surface area contributed by atoms with Gasteiger partial charge in [-0.15, -0.1) is 0 Å². The van der Waals surface area contributed by atoms with Crippen LogP contribution in [0.25, 0.3) is 0 Å². The highest BCUT2D eigenvalue weighted by Crippen LogP contribution is 2.28. The van der Waals surface area contributed by atoms with E-state index >= 15 is 0 Å². The number of nitro benzene ring substituents is 1. The van der Waals surface area contributed by atoms with Crippen molar-refractivity contribution in [3.8, 4) is 5.75 Å². The summed E-state index contributed by atoms with van der Waals surface area (Å²) in [6, 6.07) is 5.85. The Bertz CT molecular complexity index is 614. The van der Waals surface area contributed by atoms with Gasteiger partial charge in [-0.05, 0) is 6.07 Å². The van der Waals surface area contributed by atoms with Gasteiger partial charge in [0, 0.05) is 25.3 Å². The highest BCUT2D eigenvalue weighted by atomic mass is 35.5. The molecule has 20 heavy (non-hydrogen) atoms. The van der Waals surface area contributed by atoms with Gasteiger partial charge in [0.05, 0.1) is 4.92 Å². The van der Waals surface area contributed by atoms with Gasteiger partial charge in [-0.25, -0.2) is 0 Å². The molecule has 1 aromatic heterocycles. The lowest BCUT2D eigenvalue weighted by molar-refractivity contribution is -0.384. The van der Waals surface area contributed by atoms with Crippen LogP contribution in [0.3, 0.4) is 0 Å². The van der Waals surface area contributed by atoms with E-state index in [0.717, 1.165) is 0 Å². The molecule has 0 atom stereocenters. The average molecular weight is 299 g/mol. The molecule has 8 heteroatoms. The van der Waals surface area contributed by atoms with Crippen molar-refractivity contribution in [2.75, 3.05) is 7.11 Å². The van der Waals surface area contributed by atoms with E-state index in [0.29, 0.717) is 23.8 Å². The predicted octanol–water partition coefficient (Wildman–Crippen LogP) is 2.96. The largest absolute Gasteiger partial charge is 0.487 e. The SMILES string of the molecule is COCc1cc(COc2ccc([N+](=O)[O-])c(Cl)c2)no1. The Kier molecular flexibility index (Phi) is 4.54. The van der Waals surface area contributed by atoms with Gasteiger partial charge in [0.25, 0.3) is 5.69 Å². The number of rotatable bonds is 6. The standard InChI is InChI=1S/C12H11ClN2O5/c1-18-7-10-4-8(14-20-10)6-19-9-2-3-12(15(16)17)11(13)5-9/h2-5H,6-7H2,1H3. The highest BCUT2D eigenvalue weighted by Gasteiger charge is 2.13. The van der Waals surface area contributed by atoms with Crippen molar-refractivity contribution in [1.82, 2.24) is 5.16 Å². The van der Waals surface area contributed by atoms with Crippen LogP contribution in [0.1, 0.15) is 11.5 Å². The smallest absolute Gasteiger partial charge is 0.288 e. The van der Waals surface area contributed by atoms with Gasteiger partial charge in [0.15, 0.2) is 5.76 Å². The zero-order valence-electron chi connectivity index (χ0n) is 10.5. The summed E-state index contributed by atoms with van der Waals surface area (Å²) in [5, 5.41) is 14.4. The Morgan fingerprint density at radius 3 is 2.85 bits per heavy atom. The lowest BCUT2D eigenvalue weighted by Gasteiger charge is -2.04. The van der Waals surface area contributed by atoms with Crippen LogP contribution in [-0.4, -0.2) is 17.2 Å². The van der Waals surface area contributed by atoms with Crippen LogP contribution < -0.4 is 4.74 Å². The molecule has 0 amide bonds. The van der Waals surface area contributed by atoms with E-state index in [4.69, 9.17) is 25.6 Å². The molecule has 1 aromatic carbocycles. The van der Waals surface area contributed by atoms with Crippen molar-refractivity contribution in [3.63, 3.8) is 0 Å². The molecule has 0 unspecified atom stereocenters. The molecule has 1 heterocycles. The van der Waals surface area contributed by atoms with Crippen molar-refractivity contribution in [1.29, 1.82) is 0 Å². The number of nitro groups is 1. The molecular formula is C12H11ClN2O5. The Morgan fingerprint density at radius 1 is 1.40 bits per heavy atom. The average Bonchev–Trinajstić information content (AvgIpc) is 2.84. The number of halogens is 1. The van der Waals surface area contributed by atoms with E-state index in [9.17, 15) is 10.1 Å². The van der Waals surface area contributed by atoms with E-state index in [1.165, 1.54) is 18.2 Å². The van der Waals surface area contributed by atoms with Gasteiger partial charge in [0.1, 0.15) is 29.7 Å². The fourth-order valence-corrected chi connectivity index (χ4v) is 1.76. The first kappa shape index (κ1) is 14.3. The maximum Gasteiger partial charge on any atom is 0.288 e. The lowest BCUT2D eigenvalue weighted by Crippen LogP contribution is -1.96. The normalized spacial score (nSPS) is 10.5. The number of benzene rings is 1. The van der Waals surface area contributed by atoms with E-state index in [1.807, 2.05) is 0 Å². The van der Waals surface area contributed by atoms with Crippen LogP contribution in [0.4, 0.5) is 5.69 Å². The van der Waals surface area contributed by atoms with E-state index < -0.39 is 4.92 Å². The van der Waals surface area contributed by atoms with Crippen molar-refractivity contribution < 1.29 is 18.9 Å². The van der Waals surface area contributed by atoms with Crippen molar-refractivity contribution in [3.05, 3.63) is 50.9 Å². The Balaban J connectivity index is 1.99. The molecule has 7 nitrogen and oxygen atoms in total. The summed E-state index contributed by atoms with van der Waals surface area (Å²) in [6.45, 7) is 0.498. The predicted molar refractivity (Wildman–Crippen MR) is 69.7 cm³/mol. The molecule has 0 fully saturated rings. The van der Waals surface area contributed by atoms with Crippen LogP contribution >= 0.6 is 11.6 Å². The van der Waals surface area contributed by atoms with Gasteiger partial charge >= 0.3 is 0 Å². The van der Waals surface area contributed by atoms with Gasteiger partial charge in [-0.1, -0.05) is 16.8 Å². The summed E-state index contributed by atoms with van der Waals surface area (Å²) < 4.78 is 15.3. The molecule has 0 saturated heterocycles. The Hall–Kier alpha value is -2.12. The zero-order valence-corrected chi connectivity index (χ0v) is 11.3. The molecular weight excluding hydrogens is 288 g/mol. The fraction of sp³-hybridized carbons (Fsp3) is 0.250. The number of aromatic nitrogens is 1. The van der Waals surface area contributed by atoms with Crippen LogP contribution in [-0.2, 0) is 18.0 Å².